The third-order valence-electron chi connectivity index (χ3n) is 4.93. The normalized spacial score (nSPS) is 15.9. The molecule has 1 fully saturated rings. The van der Waals surface area contributed by atoms with Crippen LogP contribution < -0.4 is 15.0 Å². The molecule has 0 atom stereocenters. The summed E-state index contributed by atoms with van der Waals surface area (Å²) >= 11 is 0. The summed E-state index contributed by atoms with van der Waals surface area (Å²) < 4.78 is 5.49. The van der Waals surface area contributed by atoms with Crippen molar-refractivity contribution in [3.63, 3.8) is 0 Å². The van der Waals surface area contributed by atoms with Gasteiger partial charge in [-0.2, -0.15) is 0 Å². The Kier molecular flexibility index (Phi) is 4.92. The molecule has 4 rings (SSSR count). The largest absolute Gasteiger partial charge is 0.493 e. The highest BCUT2D eigenvalue weighted by Crippen LogP contribution is 2.26. The first-order valence-corrected chi connectivity index (χ1v) is 9.30. The van der Waals surface area contributed by atoms with E-state index in [1.807, 2.05) is 47.4 Å². The second-order valence-electron chi connectivity index (χ2n) is 6.83. The van der Waals surface area contributed by atoms with Gasteiger partial charge in [0, 0.05) is 37.7 Å². The van der Waals surface area contributed by atoms with Crippen LogP contribution in [0, 0.1) is 0 Å². The Balaban J connectivity index is 1.30. The fourth-order valence-electron chi connectivity index (χ4n) is 3.45. The Morgan fingerprint density at radius 3 is 2.78 bits per heavy atom. The fraction of sp³-hybridized carbons (Fsp3) is 0.273. The third kappa shape index (κ3) is 4.03. The summed E-state index contributed by atoms with van der Waals surface area (Å²) in [6.07, 6.45) is 5.83. The molecule has 0 aliphatic carbocycles. The predicted octanol–water partition coefficient (Wildman–Crippen LogP) is 3.08. The Hall–Kier alpha value is -3.08. The van der Waals surface area contributed by atoms with Gasteiger partial charge in [0.2, 0.25) is 11.8 Å². The standard InChI is InChI=1S/C22H22N2O3/c25-21(10-6-16-5-9-20-18(14-16)11-13-27-20)23-15-17-3-7-19(8-4-17)24-12-1-2-22(24)26/h3-10,14H,1-2,11-13,15H2,(H,23,25). The van der Waals surface area contributed by atoms with Gasteiger partial charge in [-0.25, -0.2) is 0 Å². The van der Waals surface area contributed by atoms with Crippen molar-refractivity contribution in [2.45, 2.75) is 25.8 Å². The Morgan fingerprint density at radius 1 is 1.15 bits per heavy atom. The van der Waals surface area contributed by atoms with Crippen molar-refractivity contribution in [1.29, 1.82) is 0 Å². The number of carbonyl (C=O) groups is 2. The van der Waals surface area contributed by atoms with E-state index >= 15 is 0 Å². The van der Waals surface area contributed by atoms with Crippen LogP contribution in [0.1, 0.15) is 29.5 Å². The minimum Gasteiger partial charge on any atom is -0.493 e. The Morgan fingerprint density at radius 2 is 2.00 bits per heavy atom. The van der Waals surface area contributed by atoms with Crippen LogP contribution in [0.4, 0.5) is 5.69 Å². The van der Waals surface area contributed by atoms with Crippen molar-refractivity contribution < 1.29 is 14.3 Å². The Bertz CT molecular complexity index is 887. The minimum atomic E-state index is -0.134. The number of fused-ring (bicyclic) bond motifs is 1. The van der Waals surface area contributed by atoms with Crippen molar-refractivity contribution in [3.05, 3.63) is 65.2 Å². The molecular weight excluding hydrogens is 340 g/mol. The first kappa shape index (κ1) is 17.3. The van der Waals surface area contributed by atoms with Crippen molar-refractivity contribution in [2.24, 2.45) is 0 Å². The molecule has 0 radical (unpaired) electrons. The first-order valence-electron chi connectivity index (χ1n) is 9.30. The molecule has 0 bridgehead atoms. The fourth-order valence-corrected chi connectivity index (χ4v) is 3.45. The maximum Gasteiger partial charge on any atom is 0.244 e. The van der Waals surface area contributed by atoms with E-state index in [0.717, 1.165) is 48.6 Å². The monoisotopic (exact) mass is 362 g/mol. The highest BCUT2D eigenvalue weighted by molar-refractivity contribution is 5.95. The molecule has 27 heavy (non-hydrogen) atoms. The van der Waals surface area contributed by atoms with Crippen LogP contribution in [0.25, 0.3) is 6.08 Å². The van der Waals surface area contributed by atoms with E-state index < -0.39 is 0 Å². The molecule has 2 aromatic carbocycles. The quantitative estimate of drug-likeness (QED) is 0.832. The molecule has 2 aromatic rings. The highest BCUT2D eigenvalue weighted by Gasteiger charge is 2.21. The molecule has 5 heteroatoms. The SMILES string of the molecule is O=C(C=Cc1ccc2c(c1)CCO2)NCc1ccc(N2CCCC2=O)cc1. The second kappa shape index (κ2) is 7.66. The van der Waals surface area contributed by atoms with Crippen LogP contribution in [-0.2, 0) is 22.6 Å². The number of carbonyl (C=O) groups excluding carboxylic acids is 2. The molecule has 138 valence electrons. The second-order valence-corrected chi connectivity index (χ2v) is 6.83. The lowest BCUT2D eigenvalue weighted by Crippen LogP contribution is -2.23. The molecule has 2 aliphatic rings. The number of benzene rings is 2. The van der Waals surface area contributed by atoms with Gasteiger partial charge in [0.15, 0.2) is 0 Å². The number of amides is 2. The topological polar surface area (TPSA) is 58.6 Å². The van der Waals surface area contributed by atoms with Gasteiger partial charge in [-0.15, -0.1) is 0 Å². The zero-order chi connectivity index (χ0) is 18.6. The van der Waals surface area contributed by atoms with Crippen LogP contribution in [0.3, 0.4) is 0 Å². The van der Waals surface area contributed by atoms with E-state index in [1.54, 1.807) is 6.08 Å². The van der Waals surface area contributed by atoms with Crippen LogP contribution in [0.5, 0.6) is 5.75 Å². The molecule has 0 aromatic heterocycles. The molecule has 1 saturated heterocycles. The first-order chi connectivity index (χ1) is 13.2. The summed E-state index contributed by atoms with van der Waals surface area (Å²) in [7, 11) is 0. The van der Waals surface area contributed by atoms with Crippen molar-refractivity contribution in [3.8, 4) is 5.75 Å². The summed E-state index contributed by atoms with van der Waals surface area (Å²) in [6, 6.07) is 13.7. The van der Waals surface area contributed by atoms with E-state index in [2.05, 4.69) is 11.4 Å². The minimum absolute atomic E-state index is 0.134. The Labute approximate surface area is 158 Å². The predicted molar refractivity (Wildman–Crippen MR) is 105 cm³/mol. The molecule has 2 aliphatic heterocycles. The maximum atomic E-state index is 12.1. The molecule has 2 heterocycles. The molecular formula is C22H22N2O3. The van der Waals surface area contributed by atoms with Gasteiger partial charge < -0.3 is 15.0 Å². The third-order valence-corrected chi connectivity index (χ3v) is 4.93. The number of hydrogen-bond donors (Lipinski definition) is 1. The highest BCUT2D eigenvalue weighted by atomic mass is 16.5. The van der Waals surface area contributed by atoms with Crippen LogP contribution in [0.15, 0.2) is 48.5 Å². The summed E-state index contributed by atoms with van der Waals surface area (Å²) in [5.74, 6) is 0.987. The van der Waals surface area contributed by atoms with Gasteiger partial charge in [-0.05, 0) is 53.5 Å². The van der Waals surface area contributed by atoms with Gasteiger partial charge in [-0.1, -0.05) is 18.2 Å². The number of nitrogens with zero attached hydrogens (tertiary/aromatic N) is 1. The number of ether oxygens (including phenoxy) is 1. The van der Waals surface area contributed by atoms with E-state index in [9.17, 15) is 9.59 Å². The lowest BCUT2D eigenvalue weighted by Gasteiger charge is -2.15. The number of rotatable bonds is 5. The summed E-state index contributed by atoms with van der Waals surface area (Å²) in [5.41, 5.74) is 4.11. The summed E-state index contributed by atoms with van der Waals surface area (Å²) in [6.45, 7) is 1.97. The zero-order valence-corrected chi connectivity index (χ0v) is 15.1. The smallest absolute Gasteiger partial charge is 0.244 e. The van der Waals surface area contributed by atoms with Gasteiger partial charge in [-0.3, -0.25) is 9.59 Å². The molecule has 0 saturated carbocycles. The lowest BCUT2D eigenvalue weighted by atomic mass is 10.1. The molecule has 5 nitrogen and oxygen atoms in total. The average Bonchev–Trinajstić information content (AvgIpc) is 3.33. The molecule has 2 amide bonds. The zero-order valence-electron chi connectivity index (χ0n) is 15.1. The van der Waals surface area contributed by atoms with Crippen LogP contribution in [0.2, 0.25) is 0 Å². The van der Waals surface area contributed by atoms with Gasteiger partial charge >= 0.3 is 0 Å². The molecule has 0 spiro atoms. The van der Waals surface area contributed by atoms with Crippen LogP contribution in [-0.4, -0.2) is 25.0 Å². The van der Waals surface area contributed by atoms with E-state index in [-0.39, 0.29) is 11.8 Å². The molecule has 1 N–H and O–H groups in total. The van der Waals surface area contributed by atoms with Crippen molar-refractivity contribution in [1.82, 2.24) is 5.32 Å². The van der Waals surface area contributed by atoms with E-state index in [1.165, 1.54) is 5.56 Å². The van der Waals surface area contributed by atoms with Crippen molar-refractivity contribution >= 4 is 23.6 Å². The summed E-state index contributed by atoms with van der Waals surface area (Å²) in [5, 5.41) is 2.89. The number of nitrogens with one attached hydrogen (secondary N) is 1. The van der Waals surface area contributed by atoms with E-state index in [0.29, 0.717) is 13.0 Å². The lowest BCUT2D eigenvalue weighted by molar-refractivity contribution is -0.117. The maximum absolute atomic E-state index is 12.1. The van der Waals surface area contributed by atoms with Crippen LogP contribution >= 0.6 is 0 Å². The van der Waals surface area contributed by atoms with E-state index in [4.69, 9.17) is 4.74 Å². The average molecular weight is 362 g/mol. The van der Waals surface area contributed by atoms with Gasteiger partial charge in [0.1, 0.15) is 5.75 Å². The van der Waals surface area contributed by atoms with Crippen molar-refractivity contribution in [2.75, 3.05) is 18.1 Å². The molecule has 0 unspecified atom stereocenters. The number of hydrogen-bond acceptors (Lipinski definition) is 3. The van der Waals surface area contributed by atoms with Gasteiger partial charge in [0.05, 0.1) is 6.61 Å². The van der Waals surface area contributed by atoms with Gasteiger partial charge in [0.25, 0.3) is 0 Å². The summed E-state index contributed by atoms with van der Waals surface area (Å²) in [4.78, 5) is 25.7. The number of anilines is 1.